The number of rotatable bonds is 4. The van der Waals surface area contributed by atoms with Gasteiger partial charge in [0.2, 0.25) is 0 Å². The van der Waals surface area contributed by atoms with Crippen molar-refractivity contribution >= 4 is 17.4 Å². The van der Waals surface area contributed by atoms with Crippen molar-refractivity contribution < 1.29 is 13.2 Å². The molecule has 4 heteroatoms. The van der Waals surface area contributed by atoms with Gasteiger partial charge in [-0.3, -0.25) is 0 Å². The predicted molar refractivity (Wildman–Crippen MR) is 53.4 cm³/mol. The first-order valence-electron chi connectivity index (χ1n) is 4.29. The number of alkyl halides is 3. The van der Waals surface area contributed by atoms with Crippen LogP contribution >= 0.6 is 11.3 Å². The van der Waals surface area contributed by atoms with Gasteiger partial charge in [-0.15, -0.1) is 11.3 Å². The average molecular weight is 220 g/mol. The van der Waals surface area contributed by atoms with Crippen LogP contribution in [0.5, 0.6) is 0 Å². The van der Waals surface area contributed by atoms with Crippen molar-refractivity contribution in [3.05, 3.63) is 28.5 Å². The van der Waals surface area contributed by atoms with E-state index in [1.165, 1.54) is 11.3 Å². The molecule has 0 spiro atoms. The normalized spacial score (nSPS) is 11.6. The van der Waals surface area contributed by atoms with Crippen LogP contribution in [0.2, 0.25) is 0 Å². The maximum atomic E-state index is 11.8. The molecule has 0 bridgehead atoms. The molecule has 0 aromatic carbocycles. The smallest absolute Gasteiger partial charge is 0.171 e. The second-order valence-electron chi connectivity index (χ2n) is 2.98. The summed E-state index contributed by atoms with van der Waals surface area (Å²) in [7, 11) is 0. The SMILES string of the molecule is C=Cc1ccc(CCCC(F)(F)F)s1. The lowest BCUT2D eigenvalue weighted by molar-refractivity contribution is -0.135. The number of hydrogen-bond acceptors (Lipinski definition) is 1. The van der Waals surface area contributed by atoms with Crippen LogP contribution < -0.4 is 0 Å². The van der Waals surface area contributed by atoms with E-state index in [-0.39, 0.29) is 6.42 Å². The van der Waals surface area contributed by atoms with Crippen LogP contribution in [0.25, 0.3) is 6.08 Å². The van der Waals surface area contributed by atoms with E-state index >= 15 is 0 Å². The van der Waals surface area contributed by atoms with E-state index in [9.17, 15) is 13.2 Å². The zero-order valence-corrected chi connectivity index (χ0v) is 8.42. The molecule has 0 fully saturated rings. The molecule has 0 saturated heterocycles. The molecule has 0 aliphatic carbocycles. The predicted octanol–water partition coefficient (Wildman–Crippen LogP) is 4.28. The monoisotopic (exact) mass is 220 g/mol. The van der Waals surface area contributed by atoms with Crippen molar-refractivity contribution in [3.63, 3.8) is 0 Å². The quantitative estimate of drug-likeness (QED) is 0.710. The Morgan fingerprint density at radius 2 is 2.07 bits per heavy atom. The third-order valence-corrected chi connectivity index (χ3v) is 2.91. The minimum atomic E-state index is -4.03. The average Bonchev–Trinajstić information content (AvgIpc) is 2.50. The molecule has 1 heterocycles. The van der Waals surface area contributed by atoms with Crippen LogP contribution in [0.4, 0.5) is 13.2 Å². The lowest BCUT2D eigenvalue weighted by Crippen LogP contribution is -2.06. The Bertz CT molecular complexity index is 299. The van der Waals surface area contributed by atoms with Gasteiger partial charge in [0.05, 0.1) is 0 Å². The van der Waals surface area contributed by atoms with Gasteiger partial charge >= 0.3 is 6.18 Å². The highest BCUT2D eigenvalue weighted by molar-refractivity contribution is 7.12. The first-order chi connectivity index (χ1) is 6.51. The largest absolute Gasteiger partial charge is 0.389 e. The van der Waals surface area contributed by atoms with Crippen LogP contribution in [0.3, 0.4) is 0 Å². The molecule has 0 unspecified atom stereocenters. The van der Waals surface area contributed by atoms with E-state index in [4.69, 9.17) is 0 Å². The maximum absolute atomic E-state index is 11.8. The highest BCUT2D eigenvalue weighted by Gasteiger charge is 2.25. The molecule has 0 aliphatic rings. The van der Waals surface area contributed by atoms with Crippen LogP contribution in [0.1, 0.15) is 22.6 Å². The van der Waals surface area contributed by atoms with Crippen molar-refractivity contribution in [1.82, 2.24) is 0 Å². The van der Waals surface area contributed by atoms with E-state index < -0.39 is 12.6 Å². The summed E-state index contributed by atoms with van der Waals surface area (Å²) in [6.45, 7) is 3.59. The van der Waals surface area contributed by atoms with E-state index in [0.29, 0.717) is 6.42 Å². The van der Waals surface area contributed by atoms with E-state index in [2.05, 4.69) is 6.58 Å². The first-order valence-corrected chi connectivity index (χ1v) is 5.11. The molecule has 0 N–H and O–H groups in total. The lowest BCUT2D eigenvalue weighted by Gasteiger charge is -2.03. The molecule has 1 aromatic rings. The van der Waals surface area contributed by atoms with Gasteiger partial charge in [-0.1, -0.05) is 12.7 Å². The highest BCUT2D eigenvalue weighted by atomic mass is 32.1. The Labute approximate surface area is 85.1 Å². The molecule has 14 heavy (non-hydrogen) atoms. The number of thiophene rings is 1. The molecule has 1 aromatic heterocycles. The summed E-state index contributed by atoms with van der Waals surface area (Å²) in [5.41, 5.74) is 0. The highest BCUT2D eigenvalue weighted by Crippen LogP contribution is 2.24. The Balaban J connectivity index is 2.35. The van der Waals surface area contributed by atoms with Gasteiger partial charge in [-0.2, -0.15) is 13.2 Å². The Morgan fingerprint density at radius 3 is 2.57 bits per heavy atom. The van der Waals surface area contributed by atoms with Gasteiger partial charge in [0.1, 0.15) is 0 Å². The summed E-state index contributed by atoms with van der Waals surface area (Å²) in [5, 5.41) is 0. The molecule has 0 amide bonds. The molecule has 1 rings (SSSR count). The summed E-state index contributed by atoms with van der Waals surface area (Å²) in [6.07, 6.45) is -2.36. The number of hydrogen-bond donors (Lipinski definition) is 0. The summed E-state index contributed by atoms with van der Waals surface area (Å²) in [6, 6.07) is 3.73. The zero-order chi connectivity index (χ0) is 10.6. The van der Waals surface area contributed by atoms with Crippen molar-refractivity contribution in [2.75, 3.05) is 0 Å². The fourth-order valence-corrected chi connectivity index (χ4v) is 2.01. The van der Waals surface area contributed by atoms with Gasteiger partial charge in [-0.05, 0) is 25.0 Å². The Morgan fingerprint density at radius 1 is 1.36 bits per heavy atom. The maximum Gasteiger partial charge on any atom is 0.389 e. The summed E-state index contributed by atoms with van der Waals surface area (Å²) in [4.78, 5) is 2.00. The van der Waals surface area contributed by atoms with Crippen LogP contribution in [-0.2, 0) is 6.42 Å². The van der Waals surface area contributed by atoms with Gasteiger partial charge in [-0.25, -0.2) is 0 Å². The molecule has 0 atom stereocenters. The van der Waals surface area contributed by atoms with Crippen LogP contribution in [0, 0.1) is 0 Å². The third kappa shape index (κ3) is 3.96. The molecule has 0 aliphatic heterocycles. The van der Waals surface area contributed by atoms with Crippen molar-refractivity contribution in [2.45, 2.75) is 25.4 Å². The van der Waals surface area contributed by atoms with E-state index in [0.717, 1.165) is 9.75 Å². The molecular formula is C10H11F3S. The zero-order valence-electron chi connectivity index (χ0n) is 7.60. The fourth-order valence-electron chi connectivity index (χ4n) is 1.10. The first kappa shape index (κ1) is 11.3. The summed E-state index contributed by atoms with van der Waals surface area (Å²) in [5.74, 6) is 0. The topological polar surface area (TPSA) is 0 Å². The summed E-state index contributed by atoms with van der Waals surface area (Å²) < 4.78 is 35.5. The molecular weight excluding hydrogens is 209 g/mol. The third-order valence-electron chi connectivity index (χ3n) is 1.77. The second kappa shape index (κ2) is 4.64. The van der Waals surface area contributed by atoms with Gasteiger partial charge in [0.15, 0.2) is 0 Å². The lowest BCUT2D eigenvalue weighted by atomic mass is 10.2. The van der Waals surface area contributed by atoms with Crippen molar-refractivity contribution in [3.8, 4) is 0 Å². The Kier molecular flexibility index (Phi) is 3.75. The van der Waals surface area contributed by atoms with Gasteiger partial charge in [0.25, 0.3) is 0 Å². The summed E-state index contributed by atoms with van der Waals surface area (Å²) >= 11 is 1.50. The van der Waals surface area contributed by atoms with Crippen molar-refractivity contribution in [1.29, 1.82) is 0 Å². The molecule has 0 saturated carbocycles. The molecule has 0 nitrogen and oxygen atoms in total. The number of halogens is 3. The number of aryl methyl sites for hydroxylation is 1. The molecule has 0 radical (unpaired) electrons. The second-order valence-corrected chi connectivity index (χ2v) is 4.18. The van der Waals surface area contributed by atoms with Crippen molar-refractivity contribution in [2.24, 2.45) is 0 Å². The molecule has 78 valence electrons. The van der Waals surface area contributed by atoms with E-state index in [1.54, 1.807) is 6.08 Å². The fraction of sp³-hybridized carbons (Fsp3) is 0.400. The van der Waals surface area contributed by atoms with Gasteiger partial charge < -0.3 is 0 Å². The minimum absolute atomic E-state index is 0.167. The minimum Gasteiger partial charge on any atom is -0.171 e. The Hall–Kier alpha value is -0.770. The van der Waals surface area contributed by atoms with Crippen LogP contribution in [0.15, 0.2) is 18.7 Å². The standard InChI is InChI=1S/C10H11F3S/c1-2-8-5-6-9(14-8)4-3-7-10(11,12)13/h2,5-6H,1,3-4,7H2. The van der Waals surface area contributed by atoms with Gasteiger partial charge in [0, 0.05) is 16.2 Å². The van der Waals surface area contributed by atoms with Crippen LogP contribution in [-0.4, -0.2) is 6.18 Å². The van der Waals surface area contributed by atoms with E-state index in [1.807, 2.05) is 12.1 Å².